The van der Waals surface area contributed by atoms with Gasteiger partial charge in [-0.2, -0.15) is 0 Å². The smallest absolute Gasteiger partial charge is 0.270 e. The standard InChI is InChI=1S/C14H15FN4O/c1-9(10-3-2-4-11(15)7-10)18-14(20)13-6-5-12(19-16)8-17-13/h2-9,19H,16H2,1H3,(H,18,20). The van der Waals surface area contributed by atoms with Crippen LogP contribution >= 0.6 is 0 Å². The van der Waals surface area contributed by atoms with Crippen LogP contribution in [0.3, 0.4) is 0 Å². The minimum atomic E-state index is -0.333. The Morgan fingerprint density at radius 2 is 2.15 bits per heavy atom. The number of halogens is 1. The lowest BCUT2D eigenvalue weighted by atomic mass is 10.1. The van der Waals surface area contributed by atoms with Gasteiger partial charge < -0.3 is 10.7 Å². The first-order valence-corrected chi connectivity index (χ1v) is 6.09. The SMILES string of the molecule is CC(NC(=O)c1ccc(NN)cn1)c1cccc(F)c1. The zero-order valence-electron chi connectivity index (χ0n) is 10.9. The van der Waals surface area contributed by atoms with E-state index >= 15 is 0 Å². The van der Waals surface area contributed by atoms with Crippen LogP contribution in [0.1, 0.15) is 29.0 Å². The van der Waals surface area contributed by atoms with Gasteiger partial charge in [0.1, 0.15) is 11.5 Å². The number of anilines is 1. The summed E-state index contributed by atoms with van der Waals surface area (Å²) in [6.45, 7) is 1.78. The number of pyridine rings is 1. The first kappa shape index (κ1) is 14.0. The summed E-state index contributed by atoms with van der Waals surface area (Å²) in [5, 5.41) is 2.76. The van der Waals surface area contributed by atoms with Crippen LogP contribution in [0, 0.1) is 5.82 Å². The molecule has 1 aromatic heterocycles. The molecule has 2 rings (SSSR count). The lowest BCUT2D eigenvalue weighted by molar-refractivity contribution is 0.0935. The predicted octanol–water partition coefficient (Wildman–Crippen LogP) is 2.00. The fourth-order valence-corrected chi connectivity index (χ4v) is 1.74. The molecular weight excluding hydrogens is 259 g/mol. The van der Waals surface area contributed by atoms with Crippen LogP contribution in [0.2, 0.25) is 0 Å². The number of carbonyl (C=O) groups excluding carboxylic acids is 1. The van der Waals surface area contributed by atoms with Crippen molar-refractivity contribution in [2.45, 2.75) is 13.0 Å². The molecule has 0 fully saturated rings. The van der Waals surface area contributed by atoms with Gasteiger partial charge in [-0.15, -0.1) is 0 Å². The van der Waals surface area contributed by atoms with Gasteiger partial charge in [0.15, 0.2) is 0 Å². The van der Waals surface area contributed by atoms with E-state index in [1.54, 1.807) is 31.2 Å². The van der Waals surface area contributed by atoms with Crippen LogP contribution in [-0.4, -0.2) is 10.9 Å². The van der Waals surface area contributed by atoms with Crippen molar-refractivity contribution in [2.24, 2.45) is 5.84 Å². The molecule has 1 aromatic carbocycles. The summed E-state index contributed by atoms with van der Waals surface area (Å²) in [4.78, 5) is 16.0. The summed E-state index contributed by atoms with van der Waals surface area (Å²) in [6, 6.07) is 9.00. The van der Waals surface area contributed by atoms with E-state index in [0.29, 0.717) is 11.3 Å². The number of hydrogen-bond acceptors (Lipinski definition) is 4. The first-order chi connectivity index (χ1) is 9.60. The maximum atomic E-state index is 13.1. The zero-order chi connectivity index (χ0) is 14.5. The lowest BCUT2D eigenvalue weighted by Crippen LogP contribution is -2.27. The highest BCUT2D eigenvalue weighted by Crippen LogP contribution is 2.14. The average molecular weight is 274 g/mol. The molecule has 5 nitrogen and oxygen atoms in total. The van der Waals surface area contributed by atoms with Crippen LogP contribution in [0.5, 0.6) is 0 Å². The Labute approximate surface area is 116 Å². The number of hydrogen-bond donors (Lipinski definition) is 3. The number of benzene rings is 1. The number of amides is 1. The van der Waals surface area contributed by atoms with E-state index < -0.39 is 0 Å². The maximum absolute atomic E-state index is 13.1. The molecule has 1 heterocycles. The zero-order valence-corrected chi connectivity index (χ0v) is 10.9. The minimum absolute atomic E-state index is 0.271. The molecule has 0 bridgehead atoms. The Bertz CT molecular complexity index is 600. The highest BCUT2D eigenvalue weighted by Gasteiger charge is 2.12. The number of nitrogens with one attached hydrogen (secondary N) is 2. The Hall–Kier alpha value is -2.47. The number of aromatic nitrogens is 1. The number of carbonyl (C=O) groups is 1. The summed E-state index contributed by atoms with van der Waals surface area (Å²) < 4.78 is 13.1. The highest BCUT2D eigenvalue weighted by atomic mass is 19.1. The van der Waals surface area contributed by atoms with E-state index in [1.807, 2.05) is 0 Å². The van der Waals surface area contributed by atoms with E-state index in [9.17, 15) is 9.18 Å². The van der Waals surface area contributed by atoms with Gasteiger partial charge in [0.05, 0.1) is 17.9 Å². The lowest BCUT2D eigenvalue weighted by Gasteiger charge is -2.14. The second-order valence-corrected chi connectivity index (χ2v) is 4.33. The Morgan fingerprint density at radius 1 is 1.35 bits per heavy atom. The van der Waals surface area contributed by atoms with Gasteiger partial charge in [0.2, 0.25) is 0 Å². The molecule has 6 heteroatoms. The van der Waals surface area contributed by atoms with Crippen molar-refractivity contribution in [1.29, 1.82) is 0 Å². The van der Waals surface area contributed by atoms with Gasteiger partial charge in [0, 0.05) is 0 Å². The largest absolute Gasteiger partial charge is 0.344 e. The molecule has 0 saturated carbocycles. The Morgan fingerprint density at radius 3 is 2.75 bits per heavy atom. The predicted molar refractivity (Wildman–Crippen MR) is 74.3 cm³/mol. The number of hydrazine groups is 1. The molecule has 0 aliphatic heterocycles. The quantitative estimate of drug-likeness (QED) is 0.588. The fraction of sp³-hybridized carbons (Fsp3) is 0.143. The van der Waals surface area contributed by atoms with Gasteiger partial charge in [0.25, 0.3) is 5.91 Å². The topological polar surface area (TPSA) is 80.0 Å². The normalized spacial score (nSPS) is 11.8. The van der Waals surface area contributed by atoms with E-state index in [-0.39, 0.29) is 23.5 Å². The summed E-state index contributed by atoms with van der Waals surface area (Å²) in [5.41, 5.74) is 4.00. The van der Waals surface area contributed by atoms with E-state index in [0.717, 1.165) is 0 Å². The maximum Gasteiger partial charge on any atom is 0.270 e. The Balaban J connectivity index is 2.06. The monoisotopic (exact) mass is 274 g/mol. The summed E-state index contributed by atoms with van der Waals surface area (Å²) in [5.74, 6) is 4.56. The van der Waals surface area contributed by atoms with Crippen molar-refractivity contribution >= 4 is 11.6 Å². The molecule has 0 aliphatic carbocycles. The van der Waals surface area contributed by atoms with Crippen LogP contribution < -0.4 is 16.6 Å². The Kier molecular flexibility index (Phi) is 4.27. The molecule has 0 saturated heterocycles. The molecule has 4 N–H and O–H groups in total. The summed E-state index contributed by atoms with van der Waals surface area (Å²) in [7, 11) is 0. The molecule has 0 spiro atoms. The molecule has 1 unspecified atom stereocenters. The third kappa shape index (κ3) is 3.30. The minimum Gasteiger partial charge on any atom is -0.344 e. The van der Waals surface area contributed by atoms with Gasteiger partial charge >= 0.3 is 0 Å². The molecule has 0 aliphatic rings. The molecule has 1 amide bonds. The van der Waals surface area contributed by atoms with Crippen LogP contribution in [-0.2, 0) is 0 Å². The van der Waals surface area contributed by atoms with Crippen LogP contribution in [0.4, 0.5) is 10.1 Å². The van der Waals surface area contributed by atoms with Crippen molar-refractivity contribution in [1.82, 2.24) is 10.3 Å². The van der Waals surface area contributed by atoms with E-state index in [2.05, 4.69) is 15.7 Å². The van der Waals surface area contributed by atoms with Gasteiger partial charge in [-0.1, -0.05) is 12.1 Å². The van der Waals surface area contributed by atoms with E-state index in [4.69, 9.17) is 5.84 Å². The van der Waals surface area contributed by atoms with Gasteiger partial charge in [-0.3, -0.25) is 10.6 Å². The van der Waals surface area contributed by atoms with Gasteiger partial charge in [-0.05, 0) is 36.8 Å². The van der Waals surface area contributed by atoms with Crippen molar-refractivity contribution in [3.8, 4) is 0 Å². The second-order valence-electron chi connectivity index (χ2n) is 4.33. The molecular formula is C14H15FN4O. The molecule has 104 valence electrons. The molecule has 20 heavy (non-hydrogen) atoms. The molecule has 1 atom stereocenters. The van der Waals surface area contributed by atoms with Crippen molar-refractivity contribution in [3.05, 3.63) is 59.7 Å². The van der Waals surface area contributed by atoms with E-state index in [1.165, 1.54) is 18.3 Å². The fourth-order valence-electron chi connectivity index (χ4n) is 1.74. The van der Waals surface area contributed by atoms with Crippen molar-refractivity contribution < 1.29 is 9.18 Å². The number of nitrogens with two attached hydrogens (primary N) is 1. The second kappa shape index (κ2) is 6.12. The molecule has 0 radical (unpaired) electrons. The van der Waals surface area contributed by atoms with Crippen molar-refractivity contribution in [3.63, 3.8) is 0 Å². The average Bonchev–Trinajstić information content (AvgIpc) is 2.47. The van der Waals surface area contributed by atoms with Crippen LogP contribution in [0.25, 0.3) is 0 Å². The van der Waals surface area contributed by atoms with Crippen molar-refractivity contribution in [2.75, 3.05) is 5.43 Å². The van der Waals surface area contributed by atoms with Gasteiger partial charge in [-0.25, -0.2) is 9.37 Å². The first-order valence-electron chi connectivity index (χ1n) is 6.09. The number of rotatable bonds is 4. The summed E-state index contributed by atoms with van der Waals surface area (Å²) in [6.07, 6.45) is 1.46. The number of nitrogens with zero attached hydrogens (tertiary/aromatic N) is 1. The third-order valence-corrected chi connectivity index (χ3v) is 2.86. The third-order valence-electron chi connectivity index (χ3n) is 2.86. The molecule has 2 aromatic rings. The highest BCUT2D eigenvalue weighted by molar-refractivity contribution is 5.92. The summed E-state index contributed by atoms with van der Waals surface area (Å²) >= 11 is 0. The number of nitrogen functional groups attached to an aromatic ring is 1. The van der Waals surface area contributed by atoms with Crippen LogP contribution in [0.15, 0.2) is 42.6 Å².